The minimum atomic E-state index is -2.95. The number of rotatable bonds is 5. The van der Waals surface area contributed by atoms with Crippen LogP contribution in [0.15, 0.2) is 29.6 Å². The Kier molecular flexibility index (Phi) is 4.86. The number of carbonyl (C=O) groups is 1. The monoisotopic (exact) mass is 366 g/mol. The van der Waals surface area contributed by atoms with E-state index in [1.165, 1.54) is 11.3 Å². The lowest BCUT2D eigenvalue weighted by atomic mass is 10.1. The molecule has 0 unspecified atom stereocenters. The van der Waals surface area contributed by atoms with Crippen LogP contribution in [0.4, 0.5) is 5.13 Å². The standard InChI is InChI=1S/C16H18N2O4S2/c1-22-13-4-2-12(3-5-13)14-9-23-16(17-14)18-15(19)8-11-6-7-24(20,21)10-11/h2-5,9,11H,6-8,10H2,1H3,(H,17,18,19)/t11-/m1/s1. The summed E-state index contributed by atoms with van der Waals surface area (Å²) in [4.78, 5) is 16.5. The summed E-state index contributed by atoms with van der Waals surface area (Å²) >= 11 is 1.35. The van der Waals surface area contributed by atoms with Crippen molar-refractivity contribution in [2.24, 2.45) is 5.92 Å². The molecule has 3 rings (SSSR count). The molecular formula is C16H18N2O4S2. The number of ether oxygens (including phenoxy) is 1. The molecule has 6 nitrogen and oxygen atoms in total. The largest absolute Gasteiger partial charge is 0.497 e. The minimum Gasteiger partial charge on any atom is -0.497 e. The van der Waals surface area contributed by atoms with Crippen LogP contribution in [0, 0.1) is 5.92 Å². The van der Waals surface area contributed by atoms with Gasteiger partial charge in [-0.25, -0.2) is 13.4 Å². The van der Waals surface area contributed by atoms with E-state index in [1.54, 1.807) is 7.11 Å². The van der Waals surface area contributed by atoms with E-state index in [4.69, 9.17) is 4.74 Å². The predicted molar refractivity (Wildman–Crippen MR) is 94.1 cm³/mol. The van der Waals surface area contributed by atoms with Crippen molar-refractivity contribution < 1.29 is 17.9 Å². The Bertz CT molecular complexity index is 828. The molecule has 1 amide bonds. The summed E-state index contributed by atoms with van der Waals surface area (Å²) in [5, 5.41) is 5.15. The van der Waals surface area contributed by atoms with Gasteiger partial charge in [0.1, 0.15) is 5.75 Å². The molecule has 1 aromatic carbocycles. The van der Waals surface area contributed by atoms with E-state index >= 15 is 0 Å². The van der Waals surface area contributed by atoms with Crippen molar-refractivity contribution in [1.29, 1.82) is 0 Å². The predicted octanol–water partition coefficient (Wildman–Crippen LogP) is 2.58. The van der Waals surface area contributed by atoms with Crippen molar-refractivity contribution in [3.05, 3.63) is 29.6 Å². The molecule has 0 spiro atoms. The van der Waals surface area contributed by atoms with Crippen LogP contribution in [0.25, 0.3) is 11.3 Å². The molecule has 0 saturated carbocycles. The molecule has 0 radical (unpaired) electrons. The summed E-state index contributed by atoms with van der Waals surface area (Å²) in [5.74, 6) is 0.789. The summed E-state index contributed by atoms with van der Waals surface area (Å²) in [6, 6.07) is 7.52. The molecule has 1 aromatic heterocycles. The van der Waals surface area contributed by atoms with Crippen molar-refractivity contribution in [3.8, 4) is 17.0 Å². The van der Waals surface area contributed by atoms with Crippen molar-refractivity contribution in [1.82, 2.24) is 4.98 Å². The van der Waals surface area contributed by atoms with Gasteiger partial charge in [0, 0.05) is 17.4 Å². The summed E-state index contributed by atoms with van der Waals surface area (Å²) in [7, 11) is -1.34. The third-order valence-corrected chi connectivity index (χ3v) is 6.53. The topological polar surface area (TPSA) is 85.4 Å². The van der Waals surface area contributed by atoms with Crippen molar-refractivity contribution in [2.45, 2.75) is 12.8 Å². The number of thiazole rings is 1. The second kappa shape index (κ2) is 6.90. The highest BCUT2D eigenvalue weighted by molar-refractivity contribution is 7.91. The van der Waals surface area contributed by atoms with Crippen molar-refractivity contribution in [3.63, 3.8) is 0 Å². The molecule has 0 aliphatic carbocycles. The number of nitrogens with zero attached hydrogens (tertiary/aromatic N) is 1. The van der Waals surface area contributed by atoms with E-state index in [9.17, 15) is 13.2 Å². The van der Waals surface area contributed by atoms with E-state index in [-0.39, 0.29) is 29.8 Å². The number of hydrogen-bond donors (Lipinski definition) is 1. The van der Waals surface area contributed by atoms with Gasteiger partial charge in [0.25, 0.3) is 0 Å². The van der Waals surface area contributed by atoms with Gasteiger partial charge in [0.2, 0.25) is 5.91 Å². The van der Waals surface area contributed by atoms with Gasteiger partial charge >= 0.3 is 0 Å². The van der Waals surface area contributed by atoms with E-state index in [2.05, 4.69) is 10.3 Å². The maximum atomic E-state index is 12.1. The zero-order chi connectivity index (χ0) is 17.2. The first-order valence-corrected chi connectivity index (χ1v) is 10.3. The van der Waals surface area contributed by atoms with Gasteiger partial charge in [-0.05, 0) is 36.6 Å². The maximum absolute atomic E-state index is 12.1. The first-order valence-electron chi connectivity index (χ1n) is 7.55. The van der Waals surface area contributed by atoms with Crippen LogP contribution < -0.4 is 10.1 Å². The van der Waals surface area contributed by atoms with Crippen molar-refractivity contribution >= 4 is 32.2 Å². The second-order valence-corrected chi connectivity index (χ2v) is 8.87. The lowest BCUT2D eigenvalue weighted by Crippen LogP contribution is -2.17. The molecule has 1 N–H and O–H groups in total. The lowest BCUT2D eigenvalue weighted by molar-refractivity contribution is -0.116. The molecule has 128 valence electrons. The van der Waals surface area contributed by atoms with E-state index < -0.39 is 9.84 Å². The van der Waals surface area contributed by atoms with Gasteiger partial charge in [-0.1, -0.05) is 0 Å². The molecule has 1 aliphatic heterocycles. The fourth-order valence-corrected chi connectivity index (χ4v) is 5.29. The SMILES string of the molecule is COc1ccc(-c2csc(NC(=O)C[C@H]3CCS(=O)(=O)C3)n2)cc1. The van der Waals surface area contributed by atoms with E-state index in [0.717, 1.165) is 17.0 Å². The molecule has 2 heterocycles. The molecule has 8 heteroatoms. The molecule has 1 atom stereocenters. The van der Waals surface area contributed by atoms with Crippen LogP contribution in [0.1, 0.15) is 12.8 Å². The maximum Gasteiger partial charge on any atom is 0.226 e. The highest BCUT2D eigenvalue weighted by Crippen LogP contribution is 2.27. The highest BCUT2D eigenvalue weighted by Gasteiger charge is 2.29. The van der Waals surface area contributed by atoms with Gasteiger partial charge in [-0.2, -0.15) is 0 Å². The fraction of sp³-hybridized carbons (Fsp3) is 0.375. The molecule has 1 fully saturated rings. The van der Waals surface area contributed by atoms with Crippen LogP contribution in [0.3, 0.4) is 0 Å². The normalized spacial score (nSPS) is 19.1. The van der Waals surface area contributed by atoms with Crippen LogP contribution >= 0.6 is 11.3 Å². The number of anilines is 1. The zero-order valence-corrected chi connectivity index (χ0v) is 14.8. The lowest BCUT2D eigenvalue weighted by Gasteiger charge is -2.06. The average molecular weight is 366 g/mol. The van der Waals surface area contributed by atoms with Gasteiger partial charge in [0.05, 0.1) is 24.3 Å². The minimum absolute atomic E-state index is 0.0870. The van der Waals surface area contributed by atoms with E-state index in [0.29, 0.717) is 11.6 Å². The smallest absolute Gasteiger partial charge is 0.226 e. The quantitative estimate of drug-likeness (QED) is 0.879. The van der Waals surface area contributed by atoms with Gasteiger partial charge in [0.15, 0.2) is 15.0 Å². The molecule has 2 aromatic rings. The first-order chi connectivity index (χ1) is 11.4. The van der Waals surface area contributed by atoms with Crippen LogP contribution in [-0.4, -0.2) is 37.9 Å². The number of hydrogen-bond acceptors (Lipinski definition) is 6. The molecule has 1 aliphatic rings. The summed E-state index contributed by atoms with van der Waals surface area (Å²) < 4.78 is 28.0. The van der Waals surface area contributed by atoms with E-state index in [1.807, 2.05) is 29.6 Å². The van der Waals surface area contributed by atoms with Crippen LogP contribution in [0.2, 0.25) is 0 Å². The molecule has 0 bridgehead atoms. The Morgan fingerprint density at radius 3 is 2.75 bits per heavy atom. The Labute approximate surface area is 144 Å². The summed E-state index contributed by atoms with van der Waals surface area (Å²) in [5.41, 5.74) is 1.72. The first kappa shape index (κ1) is 16.9. The Morgan fingerprint density at radius 2 is 2.12 bits per heavy atom. The van der Waals surface area contributed by atoms with Crippen LogP contribution in [-0.2, 0) is 14.6 Å². The Hall–Kier alpha value is -1.93. The van der Waals surface area contributed by atoms with Gasteiger partial charge < -0.3 is 10.1 Å². The molecule has 24 heavy (non-hydrogen) atoms. The number of sulfone groups is 1. The number of benzene rings is 1. The fourth-order valence-electron chi connectivity index (χ4n) is 2.69. The third kappa shape index (κ3) is 4.12. The van der Waals surface area contributed by atoms with Gasteiger partial charge in [-0.3, -0.25) is 4.79 Å². The molecular weight excluding hydrogens is 348 g/mol. The zero-order valence-electron chi connectivity index (χ0n) is 13.2. The highest BCUT2D eigenvalue weighted by atomic mass is 32.2. The Morgan fingerprint density at radius 1 is 1.38 bits per heavy atom. The van der Waals surface area contributed by atoms with Crippen LogP contribution in [0.5, 0.6) is 5.75 Å². The summed E-state index contributed by atoms with van der Waals surface area (Å²) in [6.45, 7) is 0. The average Bonchev–Trinajstić information content (AvgIpc) is 3.14. The second-order valence-electron chi connectivity index (χ2n) is 5.79. The van der Waals surface area contributed by atoms with Gasteiger partial charge in [-0.15, -0.1) is 11.3 Å². The van der Waals surface area contributed by atoms with Crippen molar-refractivity contribution in [2.75, 3.05) is 23.9 Å². The molecule has 1 saturated heterocycles. The number of aromatic nitrogens is 1. The number of amides is 1. The Balaban J connectivity index is 1.60. The number of nitrogens with one attached hydrogen (secondary N) is 1. The summed E-state index contributed by atoms with van der Waals surface area (Å²) in [6.07, 6.45) is 0.779. The third-order valence-electron chi connectivity index (χ3n) is 3.94. The number of carbonyl (C=O) groups excluding carboxylic acids is 1. The number of methoxy groups -OCH3 is 1.